The van der Waals surface area contributed by atoms with Gasteiger partial charge in [0.15, 0.2) is 0 Å². The fraction of sp³-hybridized carbons (Fsp3) is 0.750. The van der Waals surface area contributed by atoms with E-state index in [0.717, 1.165) is 0 Å². The van der Waals surface area contributed by atoms with Crippen LogP contribution in [0.1, 0.15) is 32.6 Å². The number of nitrogens with one attached hydrogen (secondary N) is 1. The van der Waals surface area contributed by atoms with Gasteiger partial charge in [-0.1, -0.05) is 6.92 Å². The highest BCUT2D eigenvalue weighted by Crippen LogP contribution is 2.03. The molecule has 0 fully saturated rings. The summed E-state index contributed by atoms with van der Waals surface area (Å²) in [6.45, 7) is 2.19. The lowest BCUT2D eigenvalue weighted by Crippen LogP contribution is -2.49. The lowest BCUT2D eigenvalue weighted by Gasteiger charge is -2.24. The third kappa shape index (κ3) is 7.57. The van der Waals surface area contributed by atoms with Gasteiger partial charge in [0.05, 0.1) is 6.61 Å². The fourth-order valence-corrected chi connectivity index (χ4v) is 1.66. The molecule has 0 aromatic heterocycles. The number of carboxylic acids is 2. The largest absolute Gasteiger partial charge is 0.481 e. The van der Waals surface area contributed by atoms with Crippen molar-refractivity contribution in [3.63, 3.8) is 0 Å². The predicted molar refractivity (Wildman–Crippen MR) is 70.4 cm³/mol. The van der Waals surface area contributed by atoms with Gasteiger partial charge in [0.2, 0.25) is 0 Å². The van der Waals surface area contributed by atoms with Crippen molar-refractivity contribution in [1.29, 1.82) is 0 Å². The molecule has 0 aliphatic carbocycles. The highest BCUT2D eigenvalue weighted by atomic mass is 16.4. The topological polar surface area (TPSA) is 127 Å². The van der Waals surface area contributed by atoms with Crippen LogP contribution in [0.15, 0.2) is 0 Å². The van der Waals surface area contributed by atoms with Gasteiger partial charge in [0, 0.05) is 19.5 Å². The number of hydrogen-bond donors (Lipinski definition) is 4. The highest BCUT2D eigenvalue weighted by Gasteiger charge is 2.22. The van der Waals surface area contributed by atoms with Gasteiger partial charge in [0.1, 0.15) is 6.04 Å². The molecule has 2 amide bonds. The third-order valence-corrected chi connectivity index (χ3v) is 2.63. The molecule has 4 N–H and O–H groups in total. The van der Waals surface area contributed by atoms with Crippen molar-refractivity contribution in [2.75, 3.05) is 19.7 Å². The summed E-state index contributed by atoms with van der Waals surface area (Å²) in [5, 5.41) is 28.7. The number of rotatable bonds is 10. The molecule has 0 aliphatic rings. The Balaban J connectivity index is 4.43. The van der Waals surface area contributed by atoms with Gasteiger partial charge >= 0.3 is 18.0 Å². The molecule has 0 rings (SSSR count). The highest BCUT2D eigenvalue weighted by molar-refractivity contribution is 5.82. The molecule has 0 aromatic rings. The predicted octanol–water partition coefficient (Wildman–Crippen LogP) is 0.108. The van der Waals surface area contributed by atoms with Gasteiger partial charge in [0.25, 0.3) is 0 Å². The Kier molecular flexibility index (Phi) is 9.10. The second kappa shape index (κ2) is 10.0. The Morgan fingerprint density at radius 1 is 1.20 bits per heavy atom. The summed E-state index contributed by atoms with van der Waals surface area (Å²) in [5.74, 6) is -2.21. The minimum atomic E-state index is -1.20. The summed E-state index contributed by atoms with van der Waals surface area (Å²) in [5.41, 5.74) is 0. The standard InChI is InChI=1S/C12H22N2O6/c1-2-6-14(7-8-15)12(20)13-9(11(18)19)4-3-5-10(16)17/h9,15H,2-8H2,1H3,(H,13,20)(H,16,17)(H,18,19)/t9-/m1/s1. The first-order valence-corrected chi connectivity index (χ1v) is 6.53. The molecule has 0 radical (unpaired) electrons. The molecule has 116 valence electrons. The van der Waals surface area contributed by atoms with E-state index in [-0.39, 0.29) is 32.4 Å². The zero-order chi connectivity index (χ0) is 15.5. The minimum absolute atomic E-state index is 0.0481. The zero-order valence-corrected chi connectivity index (χ0v) is 11.5. The molecule has 0 heterocycles. The Labute approximate surface area is 117 Å². The molecule has 0 spiro atoms. The van der Waals surface area contributed by atoms with Crippen molar-refractivity contribution in [2.24, 2.45) is 0 Å². The number of urea groups is 1. The van der Waals surface area contributed by atoms with E-state index < -0.39 is 24.0 Å². The molecular weight excluding hydrogens is 268 g/mol. The van der Waals surface area contributed by atoms with E-state index in [2.05, 4.69) is 5.32 Å². The number of aliphatic hydroxyl groups is 1. The average Bonchev–Trinajstić information content (AvgIpc) is 2.36. The van der Waals surface area contributed by atoms with Crippen molar-refractivity contribution in [3.05, 3.63) is 0 Å². The summed E-state index contributed by atoms with van der Waals surface area (Å²) in [6, 6.07) is -1.69. The Morgan fingerprint density at radius 3 is 2.30 bits per heavy atom. The van der Waals surface area contributed by atoms with Crippen molar-refractivity contribution in [1.82, 2.24) is 10.2 Å². The average molecular weight is 290 g/mol. The van der Waals surface area contributed by atoms with Gasteiger partial charge in [-0.3, -0.25) is 4.79 Å². The maximum atomic E-state index is 11.9. The van der Waals surface area contributed by atoms with Gasteiger partial charge < -0.3 is 25.5 Å². The number of nitrogens with zero attached hydrogens (tertiary/aromatic N) is 1. The maximum absolute atomic E-state index is 11.9. The van der Waals surface area contributed by atoms with Crippen LogP contribution in [0.3, 0.4) is 0 Å². The van der Waals surface area contributed by atoms with Crippen LogP contribution >= 0.6 is 0 Å². The molecule has 8 nitrogen and oxygen atoms in total. The Bertz CT molecular complexity index is 328. The molecule has 0 saturated carbocycles. The third-order valence-electron chi connectivity index (χ3n) is 2.63. The fourth-order valence-electron chi connectivity index (χ4n) is 1.66. The SMILES string of the molecule is CCCN(CCO)C(=O)N[C@H](CCCC(=O)O)C(=O)O. The number of carbonyl (C=O) groups is 3. The smallest absolute Gasteiger partial charge is 0.326 e. The van der Waals surface area contributed by atoms with E-state index in [1.807, 2.05) is 6.92 Å². The summed E-state index contributed by atoms with van der Waals surface area (Å²) in [6.07, 6.45) is 0.756. The maximum Gasteiger partial charge on any atom is 0.326 e. The molecule has 20 heavy (non-hydrogen) atoms. The minimum Gasteiger partial charge on any atom is -0.481 e. The van der Waals surface area contributed by atoms with Crippen LogP contribution in [0, 0.1) is 0 Å². The van der Waals surface area contributed by atoms with E-state index >= 15 is 0 Å². The number of aliphatic hydroxyl groups excluding tert-OH is 1. The number of carbonyl (C=O) groups excluding carboxylic acids is 1. The Hall–Kier alpha value is -1.83. The Morgan fingerprint density at radius 2 is 1.85 bits per heavy atom. The summed E-state index contributed by atoms with van der Waals surface area (Å²) >= 11 is 0. The van der Waals surface area contributed by atoms with Crippen LogP contribution < -0.4 is 5.32 Å². The molecule has 0 aliphatic heterocycles. The molecular formula is C12H22N2O6. The quantitative estimate of drug-likeness (QED) is 0.452. The molecule has 8 heteroatoms. The second-order valence-corrected chi connectivity index (χ2v) is 4.34. The van der Waals surface area contributed by atoms with Crippen LogP contribution in [0.5, 0.6) is 0 Å². The normalized spacial score (nSPS) is 11.7. The van der Waals surface area contributed by atoms with Crippen molar-refractivity contribution < 1.29 is 29.7 Å². The first kappa shape index (κ1) is 18.2. The van der Waals surface area contributed by atoms with Crippen molar-refractivity contribution >= 4 is 18.0 Å². The van der Waals surface area contributed by atoms with E-state index in [0.29, 0.717) is 13.0 Å². The van der Waals surface area contributed by atoms with Crippen LogP contribution in [0.25, 0.3) is 0 Å². The van der Waals surface area contributed by atoms with Gasteiger partial charge in [-0.15, -0.1) is 0 Å². The second-order valence-electron chi connectivity index (χ2n) is 4.34. The van der Waals surface area contributed by atoms with E-state index in [1.54, 1.807) is 0 Å². The first-order chi connectivity index (χ1) is 9.42. The number of aliphatic carboxylic acids is 2. The number of carboxylic acid groups (broad SMARTS) is 2. The summed E-state index contributed by atoms with van der Waals surface area (Å²) in [4.78, 5) is 34.6. The monoisotopic (exact) mass is 290 g/mol. The van der Waals surface area contributed by atoms with E-state index in [1.165, 1.54) is 4.90 Å². The number of hydrogen-bond acceptors (Lipinski definition) is 4. The molecule has 0 saturated heterocycles. The summed E-state index contributed by atoms with van der Waals surface area (Å²) in [7, 11) is 0. The lowest BCUT2D eigenvalue weighted by atomic mass is 10.1. The first-order valence-electron chi connectivity index (χ1n) is 6.53. The number of amides is 2. The van der Waals surface area contributed by atoms with Gasteiger partial charge in [-0.2, -0.15) is 0 Å². The lowest BCUT2D eigenvalue weighted by molar-refractivity contribution is -0.140. The van der Waals surface area contributed by atoms with Crippen LogP contribution in [0.2, 0.25) is 0 Å². The van der Waals surface area contributed by atoms with Crippen LogP contribution in [0.4, 0.5) is 4.79 Å². The van der Waals surface area contributed by atoms with E-state index in [9.17, 15) is 14.4 Å². The molecule has 0 bridgehead atoms. The van der Waals surface area contributed by atoms with Crippen molar-refractivity contribution in [2.45, 2.75) is 38.6 Å². The van der Waals surface area contributed by atoms with Crippen LogP contribution in [-0.2, 0) is 9.59 Å². The van der Waals surface area contributed by atoms with Crippen molar-refractivity contribution in [3.8, 4) is 0 Å². The molecule has 1 atom stereocenters. The molecule has 0 unspecified atom stereocenters. The van der Waals surface area contributed by atoms with Gasteiger partial charge in [-0.25, -0.2) is 9.59 Å². The van der Waals surface area contributed by atoms with Crippen LogP contribution in [-0.4, -0.2) is 63.9 Å². The zero-order valence-electron chi connectivity index (χ0n) is 11.5. The summed E-state index contributed by atoms with van der Waals surface area (Å²) < 4.78 is 0. The molecule has 0 aromatic carbocycles. The van der Waals surface area contributed by atoms with E-state index in [4.69, 9.17) is 15.3 Å². The van der Waals surface area contributed by atoms with Gasteiger partial charge in [-0.05, 0) is 19.3 Å².